The number of hydrogen-bond acceptors (Lipinski definition) is 5. The van der Waals surface area contributed by atoms with Gasteiger partial charge in [-0.1, -0.05) is 35.5 Å². The van der Waals surface area contributed by atoms with Crippen molar-refractivity contribution in [3.8, 4) is 0 Å². The Labute approximate surface area is 103 Å². The molecular formula is C12H13NO5. The Morgan fingerprint density at radius 2 is 1.89 bits per heavy atom. The van der Waals surface area contributed by atoms with Crippen molar-refractivity contribution >= 4 is 17.5 Å². The molecule has 1 aromatic rings. The molecule has 0 saturated heterocycles. The molecule has 0 radical (unpaired) electrons. The summed E-state index contributed by atoms with van der Waals surface area (Å²) < 4.78 is 5.21. The van der Waals surface area contributed by atoms with Gasteiger partial charge in [0.2, 0.25) is 5.71 Å². The molecule has 0 amide bonds. The average molecular weight is 251 g/mol. The number of ether oxygens (including phenoxy) is 1. The van der Waals surface area contributed by atoms with E-state index in [0.29, 0.717) is 6.61 Å². The van der Waals surface area contributed by atoms with Gasteiger partial charge in [-0.3, -0.25) is 4.79 Å². The zero-order valence-electron chi connectivity index (χ0n) is 9.57. The summed E-state index contributed by atoms with van der Waals surface area (Å²) in [6, 6.07) is 9.36. The first kappa shape index (κ1) is 13.9. The molecule has 6 nitrogen and oxygen atoms in total. The molecule has 96 valence electrons. The molecule has 0 bridgehead atoms. The SMILES string of the molecule is O=C(O)C(=NO)C(=O)CCOCc1ccccc1. The summed E-state index contributed by atoms with van der Waals surface area (Å²) in [5.41, 5.74) is 0.0811. The maximum absolute atomic E-state index is 11.3. The molecule has 0 heterocycles. The van der Waals surface area contributed by atoms with Gasteiger partial charge in [-0.2, -0.15) is 0 Å². The lowest BCUT2D eigenvalue weighted by atomic mass is 10.2. The largest absolute Gasteiger partial charge is 0.476 e. The van der Waals surface area contributed by atoms with Crippen molar-refractivity contribution < 1.29 is 24.6 Å². The Balaban J connectivity index is 2.30. The van der Waals surface area contributed by atoms with Crippen LogP contribution in [0.15, 0.2) is 35.5 Å². The minimum atomic E-state index is -1.55. The van der Waals surface area contributed by atoms with Crippen molar-refractivity contribution in [2.75, 3.05) is 6.61 Å². The molecule has 0 saturated carbocycles. The minimum Gasteiger partial charge on any atom is -0.476 e. The average Bonchev–Trinajstić information content (AvgIpc) is 2.36. The number of Topliss-reactive ketones (excluding diaryl/α,β-unsaturated/α-hetero) is 1. The molecule has 0 aliphatic rings. The molecule has 0 fully saturated rings. The molecule has 2 N–H and O–H groups in total. The van der Waals surface area contributed by atoms with Gasteiger partial charge in [-0.15, -0.1) is 0 Å². The maximum atomic E-state index is 11.3. The number of benzene rings is 1. The molecule has 0 atom stereocenters. The first-order valence-electron chi connectivity index (χ1n) is 5.25. The Bertz CT molecular complexity index is 441. The van der Waals surface area contributed by atoms with E-state index in [-0.39, 0.29) is 13.0 Å². The highest BCUT2D eigenvalue weighted by Crippen LogP contribution is 2.01. The third kappa shape index (κ3) is 4.34. The second kappa shape index (κ2) is 7.18. The Morgan fingerprint density at radius 1 is 1.22 bits per heavy atom. The summed E-state index contributed by atoms with van der Waals surface area (Å²) in [5, 5.41) is 19.3. The fourth-order valence-corrected chi connectivity index (χ4v) is 1.27. The summed E-state index contributed by atoms with van der Waals surface area (Å²) in [5.74, 6) is -2.32. The summed E-state index contributed by atoms with van der Waals surface area (Å²) in [7, 11) is 0. The van der Waals surface area contributed by atoms with Gasteiger partial charge in [0.05, 0.1) is 13.2 Å². The van der Waals surface area contributed by atoms with Crippen molar-refractivity contribution in [3.63, 3.8) is 0 Å². The van der Waals surface area contributed by atoms with Gasteiger partial charge in [0.1, 0.15) is 0 Å². The lowest BCUT2D eigenvalue weighted by Crippen LogP contribution is -2.24. The predicted molar refractivity (Wildman–Crippen MR) is 62.6 cm³/mol. The Hall–Kier alpha value is -2.21. The standard InChI is InChI=1S/C12H13NO5/c14-10(11(13-17)12(15)16)6-7-18-8-9-4-2-1-3-5-9/h1-5,17H,6-8H2,(H,15,16). The monoisotopic (exact) mass is 251 g/mol. The van der Waals surface area contributed by atoms with Crippen LogP contribution in [0.2, 0.25) is 0 Å². The Kier molecular flexibility index (Phi) is 5.53. The van der Waals surface area contributed by atoms with Gasteiger partial charge in [-0.25, -0.2) is 4.79 Å². The van der Waals surface area contributed by atoms with Crippen LogP contribution in [-0.2, 0) is 20.9 Å². The number of hydrogen-bond donors (Lipinski definition) is 2. The molecule has 0 unspecified atom stereocenters. The molecule has 0 aliphatic carbocycles. The fourth-order valence-electron chi connectivity index (χ4n) is 1.27. The van der Waals surface area contributed by atoms with Gasteiger partial charge in [0.15, 0.2) is 5.78 Å². The van der Waals surface area contributed by atoms with E-state index in [2.05, 4.69) is 5.16 Å². The van der Waals surface area contributed by atoms with Crippen molar-refractivity contribution in [2.24, 2.45) is 5.16 Å². The van der Waals surface area contributed by atoms with Gasteiger partial charge >= 0.3 is 5.97 Å². The molecule has 1 rings (SSSR count). The second-order valence-corrected chi connectivity index (χ2v) is 3.47. The van der Waals surface area contributed by atoms with Gasteiger partial charge in [0, 0.05) is 6.42 Å². The number of carbonyl (C=O) groups excluding carboxylic acids is 1. The zero-order chi connectivity index (χ0) is 13.4. The number of nitrogens with zero attached hydrogens (tertiary/aromatic N) is 1. The van der Waals surface area contributed by atoms with Crippen LogP contribution in [0.1, 0.15) is 12.0 Å². The first-order chi connectivity index (χ1) is 8.65. The smallest absolute Gasteiger partial charge is 0.361 e. The van der Waals surface area contributed by atoms with E-state index in [1.807, 2.05) is 30.3 Å². The predicted octanol–water partition coefficient (Wildman–Crippen LogP) is 1.08. The van der Waals surface area contributed by atoms with E-state index in [1.54, 1.807) is 0 Å². The summed E-state index contributed by atoms with van der Waals surface area (Å²) >= 11 is 0. The third-order valence-corrected chi connectivity index (χ3v) is 2.15. The van der Waals surface area contributed by atoms with E-state index in [4.69, 9.17) is 15.1 Å². The molecule has 18 heavy (non-hydrogen) atoms. The van der Waals surface area contributed by atoms with Crippen molar-refractivity contribution in [2.45, 2.75) is 13.0 Å². The van der Waals surface area contributed by atoms with Crippen LogP contribution in [0.3, 0.4) is 0 Å². The van der Waals surface area contributed by atoms with Crippen molar-refractivity contribution in [1.29, 1.82) is 0 Å². The highest BCUT2D eigenvalue weighted by Gasteiger charge is 2.19. The molecule has 0 aromatic heterocycles. The molecule has 0 aliphatic heterocycles. The van der Waals surface area contributed by atoms with E-state index in [1.165, 1.54) is 0 Å². The quantitative estimate of drug-likeness (QED) is 0.248. The van der Waals surface area contributed by atoms with Crippen LogP contribution in [0, 0.1) is 0 Å². The number of carboxylic acids is 1. The highest BCUT2D eigenvalue weighted by molar-refractivity contribution is 6.63. The number of carboxylic acid groups (broad SMARTS) is 1. The van der Waals surface area contributed by atoms with Crippen LogP contribution >= 0.6 is 0 Å². The lowest BCUT2D eigenvalue weighted by molar-refractivity contribution is -0.130. The summed E-state index contributed by atoms with van der Waals surface area (Å²) in [4.78, 5) is 21.7. The minimum absolute atomic E-state index is 0.0695. The normalized spacial score (nSPS) is 11.2. The summed E-state index contributed by atoms with van der Waals surface area (Å²) in [6.45, 7) is 0.410. The topological polar surface area (TPSA) is 96.2 Å². The van der Waals surface area contributed by atoms with Gasteiger partial charge in [-0.05, 0) is 5.56 Å². The van der Waals surface area contributed by atoms with Crippen molar-refractivity contribution in [3.05, 3.63) is 35.9 Å². The van der Waals surface area contributed by atoms with Crippen molar-refractivity contribution in [1.82, 2.24) is 0 Å². The van der Waals surface area contributed by atoms with Gasteiger partial charge in [0.25, 0.3) is 0 Å². The number of oxime groups is 1. The highest BCUT2D eigenvalue weighted by atomic mass is 16.5. The van der Waals surface area contributed by atoms with E-state index in [9.17, 15) is 9.59 Å². The fraction of sp³-hybridized carbons (Fsp3) is 0.250. The first-order valence-corrected chi connectivity index (χ1v) is 5.25. The Morgan fingerprint density at radius 3 is 2.44 bits per heavy atom. The zero-order valence-corrected chi connectivity index (χ0v) is 9.57. The second-order valence-electron chi connectivity index (χ2n) is 3.47. The lowest BCUT2D eigenvalue weighted by Gasteiger charge is -2.03. The van der Waals surface area contributed by atoms with Crippen LogP contribution in [-0.4, -0.2) is 34.4 Å². The van der Waals surface area contributed by atoms with E-state index in [0.717, 1.165) is 5.56 Å². The number of rotatable bonds is 7. The van der Waals surface area contributed by atoms with Crippen LogP contribution in [0.4, 0.5) is 0 Å². The molecule has 0 spiro atoms. The van der Waals surface area contributed by atoms with Crippen LogP contribution < -0.4 is 0 Å². The summed E-state index contributed by atoms with van der Waals surface area (Å²) in [6.07, 6.45) is -0.140. The molecule has 1 aromatic carbocycles. The van der Waals surface area contributed by atoms with Gasteiger partial charge < -0.3 is 15.1 Å². The van der Waals surface area contributed by atoms with Crippen LogP contribution in [0.5, 0.6) is 0 Å². The van der Waals surface area contributed by atoms with E-state index < -0.39 is 17.5 Å². The number of carbonyl (C=O) groups is 2. The molecule has 6 heteroatoms. The number of aliphatic carboxylic acids is 1. The van der Waals surface area contributed by atoms with Crippen LogP contribution in [0.25, 0.3) is 0 Å². The third-order valence-electron chi connectivity index (χ3n) is 2.15. The maximum Gasteiger partial charge on any atom is 0.361 e. The molecular weight excluding hydrogens is 238 g/mol. The number of ketones is 1. The van der Waals surface area contributed by atoms with E-state index >= 15 is 0 Å².